The van der Waals surface area contributed by atoms with Crippen LogP contribution in [0.15, 0.2) is 28.7 Å². The number of aryl methyl sites for hydroxylation is 1. The van der Waals surface area contributed by atoms with E-state index in [1.807, 2.05) is 19.9 Å². The van der Waals surface area contributed by atoms with E-state index in [2.05, 4.69) is 10.3 Å². The molecule has 3 heterocycles. The molecule has 1 fully saturated rings. The first-order valence-electron chi connectivity index (χ1n) is 10.8. The Hall–Kier alpha value is -3.27. The number of nitro groups is 1. The minimum atomic E-state index is -0.672. The molecule has 1 saturated heterocycles. The fourth-order valence-electron chi connectivity index (χ4n) is 3.71. The summed E-state index contributed by atoms with van der Waals surface area (Å²) in [5, 5.41) is 13.7. The Labute approximate surface area is 186 Å². The number of hydrogen-bond donors (Lipinski definition) is 1. The van der Waals surface area contributed by atoms with Crippen LogP contribution in [-0.4, -0.2) is 59.5 Å². The van der Waals surface area contributed by atoms with Gasteiger partial charge in [0.1, 0.15) is 4.92 Å². The Morgan fingerprint density at radius 2 is 2.00 bits per heavy atom. The van der Waals surface area contributed by atoms with Crippen LogP contribution in [0.1, 0.15) is 64.4 Å². The summed E-state index contributed by atoms with van der Waals surface area (Å²) in [5.41, 5.74) is 2.10. The van der Waals surface area contributed by atoms with Crippen molar-refractivity contribution < 1.29 is 23.7 Å². The number of aromatic nitrogens is 1. The summed E-state index contributed by atoms with van der Waals surface area (Å²) in [5.74, 6) is -1.04. The van der Waals surface area contributed by atoms with Crippen molar-refractivity contribution in [1.82, 2.24) is 15.2 Å². The second kappa shape index (κ2) is 10.9. The molecule has 1 N–H and O–H groups in total. The highest BCUT2D eigenvalue weighted by Gasteiger charge is 2.30. The summed E-state index contributed by atoms with van der Waals surface area (Å²) in [7, 11) is 0. The molecule has 0 unspecified atom stereocenters. The quantitative estimate of drug-likeness (QED) is 0.358. The molecule has 0 bridgehead atoms. The zero-order valence-electron chi connectivity index (χ0n) is 18.3. The van der Waals surface area contributed by atoms with Crippen LogP contribution in [-0.2, 0) is 4.74 Å². The Morgan fingerprint density at radius 1 is 1.25 bits per heavy atom. The molecule has 32 heavy (non-hydrogen) atoms. The Kier molecular flexibility index (Phi) is 7.93. The van der Waals surface area contributed by atoms with Gasteiger partial charge in [-0.05, 0) is 44.4 Å². The van der Waals surface area contributed by atoms with E-state index in [0.29, 0.717) is 51.3 Å². The maximum atomic E-state index is 12.7. The van der Waals surface area contributed by atoms with Gasteiger partial charge in [0.2, 0.25) is 0 Å². The van der Waals surface area contributed by atoms with Crippen LogP contribution in [0, 0.1) is 17.0 Å². The topological polar surface area (TPSA) is 128 Å². The van der Waals surface area contributed by atoms with Gasteiger partial charge in [-0.1, -0.05) is 6.92 Å². The van der Waals surface area contributed by atoms with Gasteiger partial charge in [0.05, 0.1) is 23.9 Å². The number of carbonyl (C=O) groups excluding carboxylic acids is 2. The average Bonchev–Trinajstić information content (AvgIpc) is 3.29. The molecule has 0 spiro atoms. The molecule has 1 aliphatic rings. The molecule has 1 aliphatic heterocycles. The molecule has 2 aromatic heterocycles. The molecule has 2 aromatic rings. The first kappa shape index (κ1) is 23.4. The highest BCUT2D eigenvalue weighted by Crippen LogP contribution is 2.30. The van der Waals surface area contributed by atoms with Crippen LogP contribution in [0.4, 0.5) is 5.88 Å². The second-order valence-corrected chi connectivity index (χ2v) is 7.72. The number of carbonyl (C=O) groups is 2. The van der Waals surface area contributed by atoms with Crippen LogP contribution in [0.5, 0.6) is 0 Å². The number of amides is 2. The lowest BCUT2D eigenvalue weighted by atomic mass is 9.89. The van der Waals surface area contributed by atoms with E-state index >= 15 is 0 Å². The monoisotopic (exact) mass is 444 g/mol. The lowest BCUT2D eigenvalue weighted by Gasteiger charge is -2.32. The number of furan rings is 1. The van der Waals surface area contributed by atoms with Crippen LogP contribution < -0.4 is 5.32 Å². The van der Waals surface area contributed by atoms with Crippen molar-refractivity contribution in [2.45, 2.75) is 39.0 Å². The molecular weight excluding hydrogens is 416 g/mol. The molecule has 0 aliphatic carbocycles. The Balaban J connectivity index is 1.63. The molecule has 0 aromatic carbocycles. The third-order valence-electron chi connectivity index (χ3n) is 5.34. The average molecular weight is 444 g/mol. The molecule has 3 rings (SSSR count). The van der Waals surface area contributed by atoms with E-state index in [-0.39, 0.29) is 23.5 Å². The summed E-state index contributed by atoms with van der Waals surface area (Å²) < 4.78 is 10.4. The number of hydrogen-bond acceptors (Lipinski definition) is 7. The minimum absolute atomic E-state index is 0.0296. The predicted octanol–water partition coefficient (Wildman–Crippen LogP) is 3.07. The predicted molar refractivity (Wildman–Crippen MR) is 116 cm³/mol. The van der Waals surface area contributed by atoms with E-state index < -0.39 is 10.8 Å². The van der Waals surface area contributed by atoms with E-state index in [4.69, 9.17) is 9.15 Å². The number of nitrogens with zero attached hydrogens (tertiary/aromatic N) is 3. The van der Waals surface area contributed by atoms with E-state index in [1.54, 1.807) is 11.0 Å². The van der Waals surface area contributed by atoms with Gasteiger partial charge in [-0.25, -0.2) is 0 Å². The molecule has 0 saturated carbocycles. The van der Waals surface area contributed by atoms with E-state index in [0.717, 1.165) is 17.8 Å². The normalized spacial score (nSPS) is 14.4. The van der Waals surface area contributed by atoms with Gasteiger partial charge in [-0.15, -0.1) is 0 Å². The van der Waals surface area contributed by atoms with Gasteiger partial charge >= 0.3 is 5.88 Å². The first-order valence-corrected chi connectivity index (χ1v) is 10.8. The third kappa shape index (κ3) is 5.70. The molecule has 10 nitrogen and oxygen atoms in total. The van der Waals surface area contributed by atoms with Crippen LogP contribution >= 0.6 is 0 Å². The third-order valence-corrected chi connectivity index (χ3v) is 5.34. The number of rotatable bonds is 9. The Morgan fingerprint density at radius 3 is 2.66 bits per heavy atom. The zero-order valence-corrected chi connectivity index (χ0v) is 18.3. The summed E-state index contributed by atoms with van der Waals surface area (Å²) >= 11 is 0. The molecule has 2 amide bonds. The number of pyridine rings is 1. The molecule has 172 valence electrons. The van der Waals surface area contributed by atoms with Crippen molar-refractivity contribution in [1.29, 1.82) is 0 Å². The fourth-order valence-corrected chi connectivity index (χ4v) is 3.71. The lowest BCUT2D eigenvalue weighted by molar-refractivity contribution is -0.402. The van der Waals surface area contributed by atoms with E-state index in [9.17, 15) is 19.7 Å². The number of ether oxygens (including phenoxy) is 1. The maximum Gasteiger partial charge on any atom is 0.433 e. The smallest absolute Gasteiger partial charge is 0.395 e. The number of piperidine rings is 1. The van der Waals surface area contributed by atoms with Crippen molar-refractivity contribution in [2.24, 2.45) is 0 Å². The molecule has 0 radical (unpaired) electrons. The van der Waals surface area contributed by atoms with Crippen LogP contribution in [0.3, 0.4) is 0 Å². The first-order chi connectivity index (χ1) is 15.4. The SMILES string of the molecule is CCCOCCNC(=O)c1ccc(C)nc1C1CCN(C(=O)c2ccc([N+](=O)[O-])o2)CC1. The van der Waals surface area contributed by atoms with Crippen molar-refractivity contribution in [3.8, 4) is 0 Å². The van der Waals surface area contributed by atoms with Crippen molar-refractivity contribution in [3.63, 3.8) is 0 Å². The number of nitrogens with one attached hydrogen (secondary N) is 1. The van der Waals surface area contributed by atoms with Crippen molar-refractivity contribution in [2.75, 3.05) is 32.8 Å². The Bertz CT molecular complexity index is 965. The summed E-state index contributed by atoms with van der Waals surface area (Å²) in [6, 6.07) is 6.10. The highest BCUT2D eigenvalue weighted by molar-refractivity contribution is 5.95. The fraction of sp³-hybridized carbons (Fsp3) is 0.500. The largest absolute Gasteiger partial charge is 0.433 e. The van der Waals surface area contributed by atoms with Gasteiger partial charge in [0.15, 0.2) is 5.76 Å². The number of likely N-dealkylation sites (tertiary alicyclic amines) is 1. The maximum absolute atomic E-state index is 12.7. The van der Waals surface area contributed by atoms with Gasteiger partial charge in [-0.3, -0.25) is 24.7 Å². The molecule has 0 atom stereocenters. The van der Waals surface area contributed by atoms with Crippen LogP contribution in [0.25, 0.3) is 0 Å². The van der Waals surface area contributed by atoms with E-state index in [1.165, 1.54) is 12.1 Å². The summed E-state index contributed by atoms with van der Waals surface area (Å²) in [6.45, 7) is 6.34. The second-order valence-electron chi connectivity index (χ2n) is 7.72. The van der Waals surface area contributed by atoms with Crippen molar-refractivity contribution >= 4 is 17.7 Å². The lowest BCUT2D eigenvalue weighted by Crippen LogP contribution is -2.38. The molecule has 10 heteroatoms. The molecular formula is C22H28N4O6. The van der Waals surface area contributed by atoms with Gasteiger partial charge in [0.25, 0.3) is 11.8 Å². The minimum Gasteiger partial charge on any atom is -0.395 e. The highest BCUT2D eigenvalue weighted by atomic mass is 16.6. The van der Waals surface area contributed by atoms with Crippen LogP contribution in [0.2, 0.25) is 0 Å². The summed E-state index contributed by atoms with van der Waals surface area (Å²) in [4.78, 5) is 41.7. The van der Waals surface area contributed by atoms with Crippen molar-refractivity contribution in [3.05, 3.63) is 57.1 Å². The van der Waals surface area contributed by atoms with Gasteiger partial charge in [-0.2, -0.15) is 0 Å². The zero-order chi connectivity index (χ0) is 23.1. The van der Waals surface area contributed by atoms with Gasteiger partial charge < -0.3 is 19.4 Å². The summed E-state index contributed by atoms with van der Waals surface area (Å²) in [6.07, 6.45) is 2.19. The standard InChI is InChI=1S/C22H28N4O6/c1-3-13-31-14-10-23-21(27)17-5-4-15(2)24-20(17)16-8-11-25(12-9-16)22(28)18-6-7-19(32-18)26(29)30/h4-7,16H,3,8-14H2,1-2H3,(H,23,27). The van der Waals surface area contributed by atoms with Gasteiger partial charge in [0, 0.05) is 37.9 Å².